The normalized spacial score (nSPS) is 20.8. The van der Waals surface area contributed by atoms with Gasteiger partial charge in [-0.1, -0.05) is 32.1 Å². The lowest BCUT2D eigenvalue weighted by molar-refractivity contribution is -0.0989. The molecule has 7 rings (SSSR count). The highest BCUT2D eigenvalue weighted by molar-refractivity contribution is 5.97. The van der Waals surface area contributed by atoms with E-state index >= 15 is 0 Å². The van der Waals surface area contributed by atoms with E-state index in [2.05, 4.69) is 65.4 Å². The molecule has 1 N–H and O–H groups in total. The van der Waals surface area contributed by atoms with Gasteiger partial charge in [-0.05, 0) is 80.2 Å². The first-order valence-corrected chi connectivity index (χ1v) is 14.1. The second kappa shape index (κ2) is 9.62. The van der Waals surface area contributed by atoms with E-state index in [1.54, 1.807) is 13.0 Å². The van der Waals surface area contributed by atoms with Gasteiger partial charge in [-0.3, -0.25) is 4.98 Å². The Labute approximate surface area is 239 Å². The Hall–Kier alpha value is -4.37. The standard InChI is InChI=1S/C32H33FN8/c1-18-24(6-7-28(33)37-18)25(27-17-41(40-39-27)32-11-21(12-32)13-32)9-20-8-22(14-34)29-26(10-20)30(23(15-35)16-36-29)38-19(2)31(3,4)5/h6-8,10,16-17,19,21,25H,9,11-13H2,1-5H3,(H,36,38)/t19?,21?,25-,32?/m0/s1. The zero-order valence-electron chi connectivity index (χ0n) is 24.0. The molecule has 1 aromatic carbocycles. The highest BCUT2D eigenvalue weighted by Crippen LogP contribution is 2.62. The Bertz CT molecular complexity index is 1740. The highest BCUT2D eigenvalue weighted by atomic mass is 19.1. The molecule has 0 saturated heterocycles. The molecule has 4 aromatic rings. The van der Waals surface area contributed by atoms with Gasteiger partial charge in [-0.2, -0.15) is 14.9 Å². The van der Waals surface area contributed by atoms with Crippen molar-refractivity contribution >= 4 is 16.6 Å². The summed E-state index contributed by atoms with van der Waals surface area (Å²) in [5, 5.41) is 33.4. The van der Waals surface area contributed by atoms with Crippen molar-refractivity contribution in [3.8, 4) is 12.1 Å². The quantitative estimate of drug-likeness (QED) is 0.276. The number of hydrogen-bond donors (Lipinski definition) is 1. The van der Waals surface area contributed by atoms with Gasteiger partial charge in [-0.25, -0.2) is 9.67 Å². The van der Waals surface area contributed by atoms with Crippen LogP contribution in [0.5, 0.6) is 0 Å². The van der Waals surface area contributed by atoms with E-state index in [1.165, 1.54) is 12.3 Å². The third-order valence-corrected chi connectivity index (χ3v) is 9.20. The second-order valence-electron chi connectivity index (χ2n) is 12.9. The van der Waals surface area contributed by atoms with Crippen molar-refractivity contribution < 1.29 is 4.39 Å². The summed E-state index contributed by atoms with van der Waals surface area (Å²) in [7, 11) is 0. The molecule has 208 valence electrons. The van der Waals surface area contributed by atoms with Crippen LogP contribution < -0.4 is 5.32 Å². The van der Waals surface area contributed by atoms with Crippen LogP contribution in [0.2, 0.25) is 0 Å². The summed E-state index contributed by atoms with van der Waals surface area (Å²) < 4.78 is 16.0. The summed E-state index contributed by atoms with van der Waals surface area (Å²) in [6, 6.07) is 11.6. The van der Waals surface area contributed by atoms with E-state index in [9.17, 15) is 14.9 Å². The average Bonchev–Trinajstić information content (AvgIpc) is 3.34. The van der Waals surface area contributed by atoms with Gasteiger partial charge in [0, 0.05) is 35.4 Å². The highest BCUT2D eigenvalue weighted by Gasteiger charge is 2.58. The summed E-state index contributed by atoms with van der Waals surface area (Å²) in [6.45, 7) is 10.3. The first-order valence-electron chi connectivity index (χ1n) is 14.1. The molecule has 3 heterocycles. The summed E-state index contributed by atoms with van der Waals surface area (Å²) >= 11 is 0. The lowest BCUT2D eigenvalue weighted by atomic mass is 9.50. The van der Waals surface area contributed by atoms with Crippen LogP contribution in [0.25, 0.3) is 10.9 Å². The smallest absolute Gasteiger partial charge is 0.213 e. The number of benzene rings is 1. The summed E-state index contributed by atoms with van der Waals surface area (Å²) in [4.78, 5) is 8.60. The number of rotatable bonds is 7. The number of aryl methyl sites for hydroxylation is 1. The van der Waals surface area contributed by atoms with Gasteiger partial charge in [0.25, 0.3) is 0 Å². The summed E-state index contributed by atoms with van der Waals surface area (Å²) in [5.41, 5.74) is 5.21. The van der Waals surface area contributed by atoms with Crippen molar-refractivity contribution in [1.29, 1.82) is 10.5 Å². The molecule has 8 nitrogen and oxygen atoms in total. The van der Waals surface area contributed by atoms with Gasteiger partial charge < -0.3 is 5.32 Å². The zero-order valence-corrected chi connectivity index (χ0v) is 24.0. The maximum absolute atomic E-state index is 14.0. The van der Waals surface area contributed by atoms with E-state index in [1.807, 2.05) is 23.0 Å². The molecule has 3 fully saturated rings. The number of hydrogen-bond acceptors (Lipinski definition) is 7. The molecule has 3 saturated carbocycles. The fourth-order valence-corrected chi connectivity index (χ4v) is 6.14. The first-order chi connectivity index (χ1) is 19.5. The number of nitrogens with one attached hydrogen (secondary N) is 1. The topological polar surface area (TPSA) is 116 Å². The summed E-state index contributed by atoms with van der Waals surface area (Å²) in [6.07, 6.45) is 7.47. The molecule has 0 spiro atoms. The molecule has 3 aliphatic carbocycles. The SMILES string of the molecule is Cc1nc(F)ccc1[C@H](Cc1cc(C#N)c2ncc(C#N)c(NC(C)C(C)(C)C)c2c1)c1cn(C23CC(C2)C3)nn1. The molecule has 3 aliphatic rings. The Morgan fingerprint density at radius 2 is 1.88 bits per heavy atom. The van der Waals surface area contributed by atoms with Crippen molar-refractivity contribution in [2.75, 3.05) is 5.32 Å². The van der Waals surface area contributed by atoms with E-state index in [0.29, 0.717) is 34.4 Å². The minimum absolute atomic E-state index is 0.0436. The molecule has 0 aliphatic heterocycles. The lowest BCUT2D eigenvalue weighted by Gasteiger charge is -2.61. The predicted molar refractivity (Wildman–Crippen MR) is 154 cm³/mol. The fraction of sp³-hybridized carbons (Fsp3) is 0.438. The van der Waals surface area contributed by atoms with Crippen LogP contribution in [0.4, 0.5) is 10.1 Å². The lowest BCUT2D eigenvalue weighted by Crippen LogP contribution is -2.59. The molecule has 1 unspecified atom stereocenters. The maximum Gasteiger partial charge on any atom is 0.213 e. The van der Waals surface area contributed by atoms with Crippen molar-refractivity contribution in [2.45, 2.75) is 77.8 Å². The molecule has 3 aromatic heterocycles. The van der Waals surface area contributed by atoms with Crippen molar-refractivity contribution in [2.24, 2.45) is 11.3 Å². The van der Waals surface area contributed by atoms with Crippen molar-refractivity contribution in [3.05, 3.63) is 76.2 Å². The van der Waals surface area contributed by atoms with Crippen LogP contribution in [0.3, 0.4) is 0 Å². The number of anilines is 1. The zero-order chi connectivity index (χ0) is 29.1. The number of nitriles is 2. The Morgan fingerprint density at radius 1 is 1.15 bits per heavy atom. The monoisotopic (exact) mass is 548 g/mol. The second-order valence-corrected chi connectivity index (χ2v) is 12.9. The molecule has 0 radical (unpaired) electrons. The first kappa shape index (κ1) is 26.8. The van der Waals surface area contributed by atoms with Gasteiger partial charge >= 0.3 is 0 Å². The minimum atomic E-state index is -0.529. The molecular weight excluding hydrogens is 515 g/mol. The molecule has 41 heavy (non-hydrogen) atoms. The number of pyridine rings is 2. The minimum Gasteiger partial charge on any atom is -0.380 e. The van der Waals surface area contributed by atoms with Crippen molar-refractivity contribution in [1.82, 2.24) is 25.0 Å². The van der Waals surface area contributed by atoms with Crippen LogP contribution in [-0.4, -0.2) is 31.0 Å². The van der Waals surface area contributed by atoms with Gasteiger partial charge in [0.1, 0.15) is 12.1 Å². The van der Waals surface area contributed by atoms with Gasteiger partial charge in [0.15, 0.2) is 0 Å². The average molecular weight is 549 g/mol. The third-order valence-electron chi connectivity index (χ3n) is 9.20. The van der Waals surface area contributed by atoms with E-state index < -0.39 is 5.95 Å². The van der Waals surface area contributed by atoms with Crippen LogP contribution in [0.1, 0.15) is 86.5 Å². The molecule has 0 amide bonds. The number of halogens is 1. The summed E-state index contributed by atoms with van der Waals surface area (Å²) in [5.74, 6) is 0.0173. The molecule has 9 heteroatoms. The Morgan fingerprint density at radius 3 is 2.49 bits per heavy atom. The van der Waals surface area contributed by atoms with Gasteiger partial charge in [-0.15, -0.1) is 5.10 Å². The van der Waals surface area contributed by atoms with Crippen LogP contribution in [-0.2, 0) is 12.0 Å². The Kier molecular flexibility index (Phi) is 6.30. The van der Waals surface area contributed by atoms with Crippen molar-refractivity contribution in [3.63, 3.8) is 0 Å². The van der Waals surface area contributed by atoms with E-state index in [-0.39, 0.29) is 22.9 Å². The van der Waals surface area contributed by atoms with Crippen LogP contribution in [0, 0.1) is 46.9 Å². The number of nitrogens with zero attached hydrogens (tertiary/aromatic N) is 7. The molecule has 2 bridgehead atoms. The molecular formula is C32H33FN8. The maximum atomic E-state index is 14.0. The van der Waals surface area contributed by atoms with E-state index in [0.717, 1.165) is 47.4 Å². The van der Waals surface area contributed by atoms with Gasteiger partial charge in [0.2, 0.25) is 5.95 Å². The fourth-order valence-electron chi connectivity index (χ4n) is 6.14. The largest absolute Gasteiger partial charge is 0.380 e. The van der Waals surface area contributed by atoms with Crippen LogP contribution >= 0.6 is 0 Å². The third kappa shape index (κ3) is 4.60. The van der Waals surface area contributed by atoms with Gasteiger partial charge in [0.05, 0.1) is 33.6 Å². The van der Waals surface area contributed by atoms with E-state index in [4.69, 9.17) is 0 Å². The number of fused-ring (bicyclic) bond motifs is 1. The van der Waals surface area contributed by atoms with Crippen LogP contribution in [0.15, 0.2) is 36.7 Å². The predicted octanol–water partition coefficient (Wildman–Crippen LogP) is 6.14. The molecule has 2 atom stereocenters. The Balaban J connectivity index is 1.46. The number of aromatic nitrogens is 5.